The summed E-state index contributed by atoms with van der Waals surface area (Å²) in [5.41, 5.74) is 3.42. The number of anilines is 1. The number of imidazole rings is 1. The van der Waals surface area contributed by atoms with E-state index in [2.05, 4.69) is 37.0 Å². The number of halogens is 1. The molecule has 0 bridgehead atoms. The molecule has 0 radical (unpaired) electrons. The first-order valence-corrected chi connectivity index (χ1v) is 9.34. The summed E-state index contributed by atoms with van der Waals surface area (Å²) in [5.74, 6) is 0.977. The molecule has 0 spiro atoms. The lowest BCUT2D eigenvalue weighted by Gasteiger charge is -2.06. The van der Waals surface area contributed by atoms with Gasteiger partial charge in [0.25, 0.3) is 5.91 Å². The average molecular weight is 400 g/mol. The number of carbonyl (C=O) groups excluding carboxylic acids is 1. The Kier molecular flexibility index (Phi) is 4.16. The molecular weight excluding hydrogens is 386 g/mol. The largest absolute Gasteiger partial charge is 0.325 e. The second kappa shape index (κ2) is 6.45. The molecule has 0 saturated heterocycles. The predicted molar refractivity (Wildman–Crippen MR) is 100 cm³/mol. The summed E-state index contributed by atoms with van der Waals surface area (Å²) in [4.78, 5) is 16.9. The van der Waals surface area contributed by atoms with Gasteiger partial charge in [-0.15, -0.1) is 0 Å². The van der Waals surface area contributed by atoms with Gasteiger partial charge in [-0.2, -0.15) is 0 Å². The van der Waals surface area contributed by atoms with Crippen molar-refractivity contribution < 1.29 is 4.79 Å². The van der Waals surface area contributed by atoms with Gasteiger partial charge in [0.1, 0.15) is 0 Å². The lowest BCUT2D eigenvalue weighted by Crippen LogP contribution is -2.11. The van der Waals surface area contributed by atoms with E-state index in [0.717, 1.165) is 38.9 Å². The van der Waals surface area contributed by atoms with Gasteiger partial charge in [0.05, 0.1) is 5.69 Å². The smallest absolute Gasteiger partial charge is 0.255 e. The van der Waals surface area contributed by atoms with Crippen molar-refractivity contribution in [1.29, 1.82) is 0 Å². The normalized spacial score (nSPS) is 12.9. The molecule has 4 rings (SSSR count). The topological polar surface area (TPSA) is 46.9 Å². The number of amides is 1. The Morgan fingerprint density at radius 2 is 2.04 bits per heavy atom. The van der Waals surface area contributed by atoms with Gasteiger partial charge in [-0.05, 0) is 30.3 Å². The predicted octanol–water partition coefficient (Wildman–Crippen LogP) is 4.67. The number of nitrogens with one attached hydrogen (secondary N) is 1. The molecular formula is C18H14BrN3OS. The number of hydrogen-bond donors (Lipinski definition) is 1. The Morgan fingerprint density at radius 3 is 2.79 bits per heavy atom. The van der Waals surface area contributed by atoms with E-state index in [4.69, 9.17) is 0 Å². The molecule has 3 aromatic rings. The van der Waals surface area contributed by atoms with E-state index >= 15 is 0 Å². The SMILES string of the molecule is O=C(Nc1ccc(-c2cn3c(n2)SCC3)cc1)c1cccc(Br)c1. The van der Waals surface area contributed by atoms with E-state index in [0.29, 0.717) is 5.56 Å². The Hall–Kier alpha value is -2.05. The van der Waals surface area contributed by atoms with Crippen molar-refractivity contribution in [1.82, 2.24) is 9.55 Å². The molecule has 1 aliphatic heterocycles. The zero-order chi connectivity index (χ0) is 16.5. The summed E-state index contributed by atoms with van der Waals surface area (Å²) >= 11 is 5.16. The van der Waals surface area contributed by atoms with Crippen molar-refractivity contribution in [3.8, 4) is 11.3 Å². The highest BCUT2D eigenvalue weighted by Crippen LogP contribution is 2.29. The van der Waals surface area contributed by atoms with Crippen LogP contribution in [0.2, 0.25) is 0 Å². The molecule has 2 heterocycles. The van der Waals surface area contributed by atoms with Crippen LogP contribution in [0.3, 0.4) is 0 Å². The lowest BCUT2D eigenvalue weighted by atomic mass is 10.1. The minimum Gasteiger partial charge on any atom is -0.325 e. The maximum absolute atomic E-state index is 12.3. The molecule has 0 unspecified atom stereocenters. The van der Waals surface area contributed by atoms with Gasteiger partial charge in [-0.3, -0.25) is 4.79 Å². The number of thioether (sulfide) groups is 1. The number of fused-ring (bicyclic) bond motifs is 1. The van der Waals surface area contributed by atoms with Crippen LogP contribution in [-0.2, 0) is 6.54 Å². The van der Waals surface area contributed by atoms with Crippen molar-refractivity contribution in [2.24, 2.45) is 0 Å². The van der Waals surface area contributed by atoms with E-state index in [1.54, 1.807) is 23.9 Å². The standard InChI is InChI=1S/C18H14BrN3OS/c19-14-3-1-2-13(10-14)17(23)20-15-6-4-12(5-7-15)16-11-22-8-9-24-18(22)21-16/h1-7,10-11H,8-9H2,(H,20,23). The molecule has 0 aliphatic carbocycles. The molecule has 4 nitrogen and oxygen atoms in total. The zero-order valence-corrected chi connectivity index (χ0v) is 15.1. The summed E-state index contributed by atoms with van der Waals surface area (Å²) in [6.07, 6.45) is 2.09. The number of hydrogen-bond acceptors (Lipinski definition) is 3. The Balaban J connectivity index is 1.50. The van der Waals surface area contributed by atoms with Crippen LogP contribution in [0.5, 0.6) is 0 Å². The molecule has 1 N–H and O–H groups in total. The first-order chi connectivity index (χ1) is 11.7. The maximum Gasteiger partial charge on any atom is 0.255 e. The molecule has 0 fully saturated rings. The molecule has 0 saturated carbocycles. The highest BCUT2D eigenvalue weighted by atomic mass is 79.9. The molecule has 120 valence electrons. The minimum absolute atomic E-state index is 0.124. The molecule has 2 aromatic carbocycles. The number of aromatic nitrogens is 2. The third kappa shape index (κ3) is 3.12. The van der Waals surface area contributed by atoms with Crippen LogP contribution < -0.4 is 5.32 Å². The van der Waals surface area contributed by atoms with E-state index in [1.807, 2.05) is 36.4 Å². The number of rotatable bonds is 3. The molecule has 1 aliphatic rings. The summed E-state index contributed by atoms with van der Waals surface area (Å²) in [7, 11) is 0. The minimum atomic E-state index is -0.124. The molecule has 0 atom stereocenters. The lowest BCUT2D eigenvalue weighted by molar-refractivity contribution is 0.102. The first kappa shape index (κ1) is 15.5. The Morgan fingerprint density at radius 1 is 1.21 bits per heavy atom. The number of aryl methyl sites for hydroxylation is 1. The number of nitrogens with zero attached hydrogens (tertiary/aromatic N) is 2. The van der Waals surface area contributed by atoms with Crippen LogP contribution >= 0.6 is 27.7 Å². The van der Waals surface area contributed by atoms with E-state index < -0.39 is 0 Å². The van der Waals surface area contributed by atoms with Gasteiger partial charge in [0.2, 0.25) is 0 Å². The van der Waals surface area contributed by atoms with Crippen LogP contribution in [0.25, 0.3) is 11.3 Å². The second-order valence-corrected chi connectivity index (χ2v) is 7.47. The van der Waals surface area contributed by atoms with Crippen molar-refractivity contribution in [2.45, 2.75) is 11.7 Å². The van der Waals surface area contributed by atoms with E-state index in [-0.39, 0.29) is 5.91 Å². The zero-order valence-electron chi connectivity index (χ0n) is 12.7. The maximum atomic E-state index is 12.3. The van der Waals surface area contributed by atoms with Crippen molar-refractivity contribution in [3.05, 3.63) is 64.8 Å². The van der Waals surface area contributed by atoms with E-state index in [9.17, 15) is 4.79 Å². The summed E-state index contributed by atoms with van der Waals surface area (Å²) < 4.78 is 3.07. The second-order valence-electron chi connectivity index (χ2n) is 5.49. The van der Waals surface area contributed by atoms with Gasteiger partial charge >= 0.3 is 0 Å². The number of carbonyl (C=O) groups is 1. The fraction of sp³-hybridized carbons (Fsp3) is 0.111. The molecule has 1 amide bonds. The Labute approximate surface area is 152 Å². The van der Waals surface area contributed by atoms with Gasteiger partial charge in [-0.25, -0.2) is 4.98 Å². The van der Waals surface area contributed by atoms with Crippen LogP contribution in [0, 0.1) is 0 Å². The van der Waals surface area contributed by atoms with Crippen LogP contribution in [0.15, 0.2) is 64.4 Å². The summed E-state index contributed by atoms with van der Waals surface area (Å²) in [6, 6.07) is 15.1. The monoisotopic (exact) mass is 399 g/mol. The van der Waals surface area contributed by atoms with Gasteiger partial charge in [-0.1, -0.05) is 45.9 Å². The third-order valence-corrected chi connectivity index (χ3v) is 5.29. The fourth-order valence-electron chi connectivity index (χ4n) is 2.61. The number of benzene rings is 2. The quantitative estimate of drug-likeness (QED) is 0.695. The van der Waals surface area contributed by atoms with Crippen LogP contribution in [-0.4, -0.2) is 21.2 Å². The van der Waals surface area contributed by atoms with Crippen molar-refractivity contribution >= 4 is 39.3 Å². The van der Waals surface area contributed by atoms with Crippen LogP contribution in [0.1, 0.15) is 10.4 Å². The highest BCUT2D eigenvalue weighted by molar-refractivity contribution is 9.10. The molecule has 24 heavy (non-hydrogen) atoms. The van der Waals surface area contributed by atoms with Gasteiger partial charge in [0.15, 0.2) is 5.16 Å². The highest BCUT2D eigenvalue weighted by Gasteiger charge is 2.15. The van der Waals surface area contributed by atoms with Crippen LogP contribution in [0.4, 0.5) is 5.69 Å². The summed E-state index contributed by atoms with van der Waals surface area (Å²) in [5, 5.41) is 3.99. The Bertz CT molecular complexity index is 883. The first-order valence-electron chi connectivity index (χ1n) is 7.56. The third-order valence-electron chi connectivity index (χ3n) is 3.83. The fourth-order valence-corrected chi connectivity index (χ4v) is 3.95. The molecule has 6 heteroatoms. The van der Waals surface area contributed by atoms with Gasteiger partial charge < -0.3 is 9.88 Å². The van der Waals surface area contributed by atoms with Crippen molar-refractivity contribution in [3.63, 3.8) is 0 Å². The van der Waals surface area contributed by atoms with E-state index in [1.165, 1.54) is 0 Å². The average Bonchev–Trinajstić information content (AvgIpc) is 3.17. The van der Waals surface area contributed by atoms with Gasteiger partial charge in [0, 0.05) is 39.8 Å². The summed E-state index contributed by atoms with van der Waals surface area (Å²) in [6.45, 7) is 1.02. The molecule has 1 aromatic heterocycles. The van der Waals surface area contributed by atoms with Crippen molar-refractivity contribution in [2.75, 3.05) is 11.1 Å².